The highest BCUT2D eigenvalue weighted by Crippen LogP contribution is 2.18. The summed E-state index contributed by atoms with van der Waals surface area (Å²) in [7, 11) is 0. The van der Waals surface area contributed by atoms with E-state index in [-0.39, 0.29) is 11.7 Å². The number of rotatable bonds is 5. The fourth-order valence-corrected chi connectivity index (χ4v) is 1.93. The number of Topliss-reactive ketones (excluding diaryl/α,β-unsaturated/α-hetero) is 1. The van der Waals surface area contributed by atoms with Gasteiger partial charge in [-0.2, -0.15) is 0 Å². The largest absolute Gasteiger partial charge is 0.330 e. The molecule has 0 amide bonds. The minimum Gasteiger partial charge on any atom is -0.330 e. The molecule has 16 heavy (non-hydrogen) atoms. The summed E-state index contributed by atoms with van der Waals surface area (Å²) in [5.41, 5.74) is 8.67. The number of carbonyl (C=O) groups excluding carboxylic acids is 1. The fourth-order valence-electron chi connectivity index (χ4n) is 1.93. The first-order chi connectivity index (χ1) is 7.60. The molecular formula is C14H21NO. The number of benzene rings is 1. The van der Waals surface area contributed by atoms with Crippen LogP contribution in [-0.2, 0) is 0 Å². The van der Waals surface area contributed by atoms with Crippen LogP contribution in [0.5, 0.6) is 0 Å². The number of aryl methyl sites for hydroxylation is 2. The zero-order valence-electron chi connectivity index (χ0n) is 10.4. The van der Waals surface area contributed by atoms with Crippen LogP contribution in [0.4, 0.5) is 0 Å². The van der Waals surface area contributed by atoms with Crippen LogP contribution in [0.1, 0.15) is 41.3 Å². The quantitative estimate of drug-likeness (QED) is 0.774. The Kier molecular flexibility index (Phi) is 4.69. The Morgan fingerprint density at radius 2 is 2.06 bits per heavy atom. The lowest BCUT2D eigenvalue weighted by Gasteiger charge is -2.14. The van der Waals surface area contributed by atoms with Gasteiger partial charge in [-0.1, -0.05) is 31.0 Å². The second-order valence-corrected chi connectivity index (χ2v) is 4.40. The van der Waals surface area contributed by atoms with Crippen LogP contribution in [0.2, 0.25) is 0 Å². The first kappa shape index (κ1) is 12.9. The zero-order chi connectivity index (χ0) is 12.1. The number of ketones is 1. The highest BCUT2D eigenvalue weighted by Gasteiger charge is 2.19. The van der Waals surface area contributed by atoms with E-state index in [0.717, 1.165) is 29.5 Å². The van der Waals surface area contributed by atoms with Gasteiger partial charge in [-0.25, -0.2) is 0 Å². The molecule has 0 saturated carbocycles. The molecule has 0 aliphatic rings. The summed E-state index contributed by atoms with van der Waals surface area (Å²) >= 11 is 0. The molecule has 0 bridgehead atoms. The lowest BCUT2D eigenvalue weighted by molar-refractivity contribution is 0.0917. The predicted molar refractivity (Wildman–Crippen MR) is 67.7 cm³/mol. The van der Waals surface area contributed by atoms with Gasteiger partial charge in [0, 0.05) is 18.0 Å². The summed E-state index contributed by atoms with van der Waals surface area (Å²) in [6.07, 6.45) is 1.88. The standard InChI is InChI=1S/C14H21NO/c1-4-5-12(9-15)14(16)13-8-10(2)6-7-11(13)3/h6-8,12H,4-5,9,15H2,1-3H3. The molecule has 0 aromatic heterocycles. The molecule has 0 saturated heterocycles. The Morgan fingerprint density at radius 3 is 2.62 bits per heavy atom. The number of carbonyl (C=O) groups is 1. The number of hydrogen-bond donors (Lipinski definition) is 1. The average Bonchev–Trinajstić information content (AvgIpc) is 2.28. The Labute approximate surface area is 97.9 Å². The zero-order valence-corrected chi connectivity index (χ0v) is 10.4. The molecule has 0 fully saturated rings. The SMILES string of the molecule is CCCC(CN)C(=O)c1cc(C)ccc1C. The van der Waals surface area contributed by atoms with Crippen molar-refractivity contribution in [3.05, 3.63) is 34.9 Å². The smallest absolute Gasteiger partial charge is 0.167 e. The van der Waals surface area contributed by atoms with Crippen LogP contribution in [0, 0.1) is 19.8 Å². The molecule has 0 spiro atoms. The summed E-state index contributed by atoms with van der Waals surface area (Å²) in [6.45, 7) is 6.51. The molecule has 1 aromatic rings. The second kappa shape index (κ2) is 5.80. The summed E-state index contributed by atoms with van der Waals surface area (Å²) in [6, 6.07) is 6.00. The van der Waals surface area contributed by atoms with Gasteiger partial charge in [0.05, 0.1) is 0 Å². The van der Waals surface area contributed by atoms with Crippen molar-refractivity contribution in [3.63, 3.8) is 0 Å². The van der Waals surface area contributed by atoms with Crippen LogP contribution in [0.15, 0.2) is 18.2 Å². The maximum absolute atomic E-state index is 12.3. The molecule has 0 aliphatic carbocycles. The lowest BCUT2D eigenvalue weighted by atomic mass is 9.90. The van der Waals surface area contributed by atoms with E-state index in [1.54, 1.807) is 0 Å². The van der Waals surface area contributed by atoms with E-state index in [1.807, 2.05) is 32.0 Å². The van der Waals surface area contributed by atoms with Crippen LogP contribution >= 0.6 is 0 Å². The van der Waals surface area contributed by atoms with Crippen molar-refractivity contribution in [1.82, 2.24) is 0 Å². The Hall–Kier alpha value is -1.15. The van der Waals surface area contributed by atoms with E-state index in [4.69, 9.17) is 5.73 Å². The minimum atomic E-state index is -0.0227. The molecule has 1 atom stereocenters. The van der Waals surface area contributed by atoms with Crippen molar-refractivity contribution in [2.45, 2.75) is 33.6 Å². The van der Waals surface area contributed by atoms with Crippen molar-refractivity contribution in [3.8, 4) is 0 Å². The van der Waals surface area contributed by atoms with Crippen molar-refractivity contribution in [2.75, 3.05) is 6.54 Å². The minimum absolute atomic E-state index is 0.0227. The Balaban J connectivity index is 2.98. The maximum Gasteiger partial charge on any atom is 0.167 e. The van der Waals surface area contributed by atoms with Gasteiger partial charge in [-0.15, -0.1) is 0 Å². The van der Waals surface area contributed by atoms with Gasteiger partial charge < -0.3 is 5.73 Å². The molecule has 0 aliphatic heterocycles. The lowest BCUT2D eigenvalue weighted by Crippen LogP contribution is -2.24. The van der Waals surface area contributed by atoms with Gasteiger partial charge in [-0.3, -0.25) is 4.79 Å². The Morgan fingerprint density at radius 1 is 1.38 bits per heavy atom. The van der Waals surface area contributed by atoms with Gasteiger partial charge in [-0.05, 0) is 31.9 Å². The van der Waals surface area contributed by atoms with Crippen LogP contribution in [0.3, 0.4) is 0 Å². The van der Waals surface area contributed by atoms with Crippen molar-refractivity contribution < 1.29 is 4.79 Å². The second-order valence-electron chi connectivity index (χ2n) is 4.40. The number of nitrogens with two attached hydrogens (primary N) is 1. The monoisotopic (exact) mass is 219 g/mol. The third kappa shape index (κ3) is 2.92. The van der Waals surface area contributed by atoms with Crippen LogP contribution in [-0.4, -0.2) is 12.3 Å². The van der Waals surface area contributed by atoms with E-state index >= 15 is 0 Å². The molecule has 1 unspecified atom stereocenters. The normalized spacial score (nSPS) is 12.5. The first-order valence-electron chi connectivity index (χ1n) is 5.91. The van der Waals surface area contributed by atoms with E-state index in [1.165, 1.54) is 0 Å². The number of hydrogen-bond acceptors (Lipinski definition) is 2. The van der Waals surface area contributed by atoms with Crippen molar-refractivity contribution >= 4 is 5.78 Å². The molecule has 1 rings (SSSR count). The molecule has 1 aromatic carbocycles. The highest BCUT2D eigenvalue weighted by atomic mass is 16.1. The topological polar surface area (TPSA) is 43.1 Å². The molecular weight excluding hydrogens is 198 g/mol. The highest BCUT2D eigenvalue weighted by molar-refractivity contribution is 5.99. The van der Waals surface area contributed by atoms with E-state index in [9.17, 15) is 4.79 Å². The van der Waals surface area contributed by atoms with Crippen LogP contribution < -0.4 is 5.73 Å². The molecule has 0 radical (unpaired) electrons. The van der Waals surface area contributed by atoms with Gasteiger partial charge >= 0.3 is 0 Å². The third-order valence-corrected chi connectivity index (χ3v) is 2.95. The summed E-state index contributed by atoms with van der Waals surface area (Å²) in [5.74, 6) is 0.177. The average molecular weight is 219 g/mol. The van der Waals surface area contributed by atoms with Crippen molar-refractivity contribution in [2.24, 2.45) is 11.7 Å². The summed E-state index contributed by atoms with van der Waals surface area (Å²) in [4.78, 5) is 12.3. The van der Waals surface area contributed by atoms with Gasteiger partial charge in [0.1, 0.15) is 0 Å². The predicted octanol–water partition coefficient (Wildman–Crippen LogP) is 2.86. The fraction of sp³-hybridized carbons (Fsp3) is 0.500. The first-order valence-corrected chi connectivity index (χ1v) is 5.91. The van der Waals surface area contributed by atoms with E-state index < -0.39 is 0 Å². The van der Waals surface area contributed by atoms with E-state index in [2.05, 4.69) is 6.92 Å². The Bertz CT molecular complexity index is 371. The van der Waals surface area contributed by atoms with Crippen LogP contribution in [0.25, 0.3) is 0 Å². The van der Waals surface area contributed by atoms with E-state index in [0.29, 0.717) is 6.54 Å². The third-order valence-electron chi connectivity index (χ3n) is 2.95. The molecule has 2 nitrogen and oxygen atoms in total. The van der Waals surface area contributed by atoms with Crippen molar-refractivity contribution in [1.29, 1.82) is 0 Å². The summed E-state index contributed by atoms with van der Waals surface area (Å²) < 4.78 is 0. The maximum atomic E-state index is 12.3. The molecule has 88 valence electrons. The molecule has 2 heteroatoms. The summed E-state index contributed by atoms with van der Waals surface area (Å²) in [5, 5.41) is 0. The molecule has 0 heterocycles. The molecule has 2 N–H and O–H groups in total. The van der Waals surface area contributed by atoms with Gasteiger partial charge in [0.15, 0.2) is 5.78 Å². The van der Waals surface area contributed by atoms with Gasteiger partial charge in [0.25, 0.3) is 0 Å². The van der Waals surface area contributed by atoms with Gasteiger partial charge in [0.2, 0.25) is 0 Å².